The van der Waals surface area contributed by atoms with E-state index in [1.54, 1.807) is 0 Å². The minimum Gasteiger partial charge on any atom is -0.496 e. The molecule has 0 aromatic heterocycles. The number of carbonyl (C=O) groups excluding carboxylic acids is 2. The molecule has 6 nitrogen and oxygen atoms in total. The SMILES string of the molecule is COc1cc(F)c(OC2CCC(C)CC2)cc1C(=O)N[C@@H]1[C@H]2CC[C@H](C2)[C@@H]1C(=O)NC(C)(C)C. The van der Waals surface area contributed by atoms with Crippen LogP contribution in [0.1, 0.15) is 83.0 Å². The highest BCUT2D eigenvalue weighted by atomic mass is 19.1. The Morgan fingerprint density at radius 1 is 1.00 bits per heavy atom. The fraction of sp³-hybridized carbons (Fsp3) is 0.704. The van der Waals surface area contributed by atoms with E-state index in [9.17, 15) is 14.0 Å². The first-order chi connectivity index (χ1) is 16.1. The van der Waals surface area contributed by atoms with Crippen LogP contribution < -0.4 is 20.1 Å². The second-order valence-corrected chi connectivity index (χ2v) is 11.6. The molecule has 188 valence electrons. The zero-order valence-corrected chi connectivity index (χ0v) is 21.1. The molecule has 1 aromatic carbocycles. The molecular weight excluding hydrogens is 435 g/mol. The monoisotopic (exact) mass is 474 g/mol. The van der Waals surface area contributed by atoms with Gasteiger partial charge < -0.3 is 20.1 Å². The van der Waals surface area contributed by atoms with Crippen LogP contribution >= 0.6 is 0 Å². The van der Waals surface area contributed by atoms with Crippen LogP contribution in [0, 0.1) is 29.5 Å². The maximum atomic E-state index is 14.8. The quantitative estimate of drug-likeness (QED) is 0.618. The largest absolute Gasteiger partial charge is 0.496 e. The summed E-state index contributed by atoms with van der Waals surface area (Å²) in [7, 11) is 1.42. The molecule has 3 saturated carbocycles. The Balaban J connectivity index is 1.52. The number of nitrogens with one attached hydrogen (secondary N) is 2. The van der Waals surface area contributed by atoms with Gasteiger partial charge in [0.2, 0.25) is 5.91 Å². The molecule has 0 spiro atoms. The van der Waals surface area contributed by atoms with E-state index in [2.05, 4.69) is 17.6 Å². The molecule has 0 radical (unpaired) electrons. The Kier molecular flexibility index (Phi) is 7.11. The molecule has 3 aliphatic rings. The summed E-state index contributed by atoms with van der Waals surface area (Å²) >= 11 is 0. The van der Waals surface area contributed by atoms with Gasteiger partial charge in [0.1, 0.15) is 5.75 Å². The van der Waals surface area contributed by atoms with Gasteiger partial charge in [0.25, 0.3) is 5.91 Å². The summed E-state index contributed by atoms with van der Waals surface area (Å²) in [6.45, 7) is 8.11. The van der Waals surface area contributed by atoms with Crippen LogP contribution in [-0.4, -0.2) is 36.6 Å². The van der Waals surface area contributed by atoms with Crippen LogP contribution in [0.15, 0.2) is 12.1 Å². The number of benzene rings is 1. The van der Waals surface area contributed by atoms with Gasteiger partial charge >= 0.3 is 0 Å². The highest BCUT2D eigenvalue weighted by Gasteiger charge is 2.51. The van der Waals surface area contributed by atoms with Gasteiger partial charge in [0, 0.05) is 17.6 Å². The molecule has 4 rings (SSSR count). The van der Waals surface area contributed by atoms with Gasteiger partial charge in [-0.25, -0.2) is 4.39 Å². The summed E-state index contributed by atoms with van der Waals surface area (Å²) in [6.07, 6.45) is 6.78. The second-order valence-electron chi connectivity index (χ2n) is 11.6. The van der Waals surface area contributed by atoms with E-state index in [0.717, 1.165) is 44.9 Å². The predicted octanol–water partition coefficient (Wildman–Crippen LogP) is 4.85. The molecular formula is C27H39FN2O4. The average Bonchev–Trinajstić information content (AvgIpc) is 3.37. The van der Waals surface area contributed by atoms with E-state index in [1.807, 2.05) is 20.8 Å². The van der Waals surface area contributed by atoms with Crippen LogP contribution in [0.3, 0.4) is 0 Å². The first-order valence-electron chi connectivity index (χ1n) is 12.7. The summed E-state index contributed by atoms with van der Waals surface area (Å²) in [4.78, 5) is 26.5. The van der Waals surface area contributed by atoms with Gasteiger partial charge in [-0.05, 0) is 89.5 Å². The maximum Gasteiger partial charge on any atom is 0.255 e. The van der Waals surface area contributed by atoms with E-state index in [1.165, 1.54) is 19.2 Å². The van der Waals surface area contributed by atoms with Crippen molar-refractivity contribution in [1.29, 1.82) is 0 Å². The molecule has 7 heteroatoms. The molecule has 3 aliphatic carbocycles. The molecule has 4 atom stereocenters. The highest BCUT2D eigenvalue weighted by Crippen LogP contribution is 2.49. The smallest absolute Gasteiger partial charge is 0.255 e. The number of carbonyl (C=O) groups is 2. The zero-order valence-electron chi connectivity index (χ0n) is 21.1. The number of methoxy groups -OCH3 is 1. The molecule has 0 aliphatic heterocycles. The highest BCUT2D eigenvalue weighted by molar-refractivity contribution is 5.98. The Morgan fingerprint density at radius 2 is 1.68 bits per heavy atom. The zero-order chi connectivity index (χ0) is 24.6. The average molecular weight is 475 g/mol. The number of ether oxygens (including phenoxy) is 2. The molecule has 34 heavy (non-hydrogen) atoms. The fourth-order valence-corrected chi connectivity index (χ4v) is 6.06. The van der Waals surface area contributed by atoms with E-state index < -0.39 is 5.82 Å². The molecule has 0 saturated heterocycles. The number of fused-ring (bicyclic) bond motifs is 2. The third-order valence-electron chi connectivity index (χ3n) is 7.77. The van der Waals surface area contributed by atoms with E-state index in [4.69, 9.17) is 9.47 Å². The van der Waals surface area contributed by atoms with Crippen molar-refractivity contribution in [1.82, 2.24) is 10.6 Å². The minimum atomic E-state index is -0.533. The van der Waals surface area contributed by atoms with Crippen LogP contribution in [0.5, 0.6) is 11.5 Å². The molecule has 2 bridgehead atoms. The van der Waals surface area contributed by atoms with Crippen molar-refractivity contribution in [2.45, 2.75) is 90.3 Å². The molecule has 3 fully saturated rings. The van der Waals surface area contributed by atoms with Crippen molar-refractivity contribution in [2.24, 2.45) is 23.7 Å². The van der Waals surface area contributed by atoms with Gasteiger partial charge in [-0.15, -0.1) is 0 Å². The molecule has 1 aromatic rings. The van der Waals surface area contributed by atoms with Crippen molar-refractivity contribution in [3.8, 4) is 11.5 Å². The first kappa shape index (κ1) is 24.8. The maximum absolute atomic E-state index is 14.8. The van der Waals surface area contributed by atoms with Gasteiger partial charge in [-0.2, -0.15) is 0 Å². The van der Waals surface area contributed by atoms with Gasteiger partial charge in [-0.1, -0.05) is 6.92 Å². The topological polar surface area (TPSA) is 76.7 Å². The molecule has 2 amide bonds. The van der Waals surface area contributed by atoms with Crippen LogP contribution in [0.4, 0.5) is 4.39 Å². The number of halogens is 1. The lowest BCUT2D eigenvalue weighted by Crippen LogP contribution is -2.53. The van der Waals surface area contributed by atoms with Gasteiger partial charge in [-0.3, -0.25) is 9.59 Å². The normalized spacial score (nSPS) is 30.6. The van der Waals surface area contributed by atoms with Crippen molar-refractivity contribution in [3.63, 3.8) is 0 Å². The van der Waals surface area contributed by atoms with Crippen molar-refractivity contribution in [3.05, 3.63) is 23.5 Å². The third-order valence-corrected chi connectivity index (χ3v) is 7.77. The molecule has 2 N–H and O–H groups in total. The van der Waals surface area contributed by atoms with E-state index in [0.29, 0.717) is 5.92 Å². The van der Waals surface area contributed by atoms with Crippen molar-refractivity contribution in [2.75, 3.05) is 7.11 Å². The molecule has 0 heterocycles. The summed E-state index contributed by atoms with van der Waals surface area (Å²) < 4.78 is 26.1. The number of rotatable bonds is 6. The Labute approximate surface area is 202 Å². The number of amides is 2. The standard InChI is InChI=1S/C27H39FN2O4/c1-15-6-10-18(11-7-15)34-22-13-19(21(33-5)14-20(22)28)25(31)29-24-17-9-8-16(12-17)23(24)26(32)30-27(2,3)4/h13-18,23-24H,6-12H2,1-5H3,(H,29,31)(H,30,32)/t15?,16-,17+,18?,23+,24-/m1/s1. The third kappa shape index (κ3) is 5.33. The van der Waals surface area contributed by atoms with E-state index >= 15 is 0 Å². The predicted molar refractivity (Wildman–Crippen MR) is 128 cm³/mol. The van der Waals surface area contributed by atoms with Gasteiger partial charge in [0.15, 0.2) is 11.6 Å². The number of hydrogen-bond acceptors (Lipinski definition) is 4. The van der Waals surface area contributed by atoms with Crippen LogP contribution in [0.25, 0.3) is 0 Å². The lowest BCUT2D eigenvalue weighted by atomic mass is 9.83. The Morgan fingerprint density at radius 3 is 2.32 bits per heavy atom. The Hall–Kier alpha value is -2.31. The van der Waals surface area contributed by atoms with E-state index in [-0.39, 0.29) is 64.3 Å². The lowest BCUT2D eigenvalue weighted by Gasteiger charge is -2.33. The second kappa shape index (κ2) is 9.74. The summed E-state index contributed by atoms with van der Waals surface area (Å²) in [5.41, 5.74) is -0.0996. The van der Waals surface area contributed by atoms with Crippen LogP contribution in [0.2, 0.25) is 0 Å². The summed E-state index contributed by atoms with van der Waals surface area (Å²) in [6, 6.07) is 2.44. The first-order valence-corrected chi connectivity index (χ1v) is 12.7. The van der Waals surface area contributed by atoms with Gasteiger partial charge in [0.05, 0.1) is 24.7 Å². The van der Waals surface area contributed by atoms with Crippen molar-refractivity contribution < 1.29 is 23.5 Å². The summed E-state index contributed by atoms with van der Waals surface area (Å²) in [5, 5.41) is 6.21. The van der Waals surface area contributed by atoms with Crippen molar-refractivity contribution >= 4 is 11.8 Å². The number of hydrogen-bond donors (Lipinski definition) is 2. The lowest BCUT2D eigenvalue weighted by molar-refractivity contribution is -0.128. The fourth-order valence-electron chi connectivity index (χ4n) is 6.06. The summed E-state index contributed by atoms with van der Waals surface area (Å²) in [5.74, 6) is 0.307. The Bertz CT molecular complexity index is 920. The molecule has 0 unspecified atom stereocenters. The van der Waals surface area contributed by atoms with Crippen LogP contribution in [-0.2, 0) is 4.79 Å². The minimum absolute atomic E-state index is 0.00776.